The Bertz CT molecular complexity index is 449. The summed E-state index contributed by atoms with van der Waals surface area (Å²) in [4.78, 5) is 23.1. The molecule has 0 unspecified atom stereocenters. The van der Waals surface area contributed by atoms with Crippen LogP contribution in [0.3, 0.4) is 0 Å². The van der Waals surface area contributed by atoms with Crippen LogP contribution in [0.5, 0.6) is 0 Å². The number of ether oxygens (including phenoxy) is 1. The van der Waals surface area contributed by atoms with E-state index in [4.69, 9.17) is 4.74 Å². The third kappa shape index (κ3) is 5.25. The summed E-state index contributed by atoms with van der Waals surface area (Å²) in [7, 11) is 0. The summed E-state index contributed by atoms with van der Waals surface area (Å²) in [6.45, 7) is 6.25. The Morgan fingerprint density at radius 1 is 1.05 bits per heavy atom. The summed E-state index contributed by atoms with van der Waals surface area (Å²) in [5.74, 6) is -0.0342. The van der Waals surface area contributed by atoms with Gasteiger partial charge in [-0.05, 0) is 50.8 Å². The van der Waals surface area contributed by atoms with E-state index in [-0.39, 0.29) is 11.8 Å². The van der Waals surface area contributed by atoms with Crippen LogP contribution in [0.15, 0.2) is 18.2 Å². The minimum atomic E-state index is -0.180. The van der Waals surface area contributed by atoms with Gasteiger partial charge in [-0.1, -0.05) is 12.1 Å². The number of hydrogen-bond donors (Lipinski definition) is 0. The van der Waals surface area contributed by atoms with Crippen molar-refractivity contribution in [3.8, 4) is 0 Å². The van der Waals surface area contributed by atoms with Crippen LogP contribution in [0.1, 0.15) is 54.1 Å². The highest BCUT2D eigenvalue weighted by molar-refractivity contribution is 5.96. The molecule has 0 atom stereocenters. The second-order valence-corrected chi connectivity index (χ2v) is 4.73. The fourth-order valence-corrected chi connectivity index (χ4v) is 1.85. The molecule has 0 amide bonds. The molecule has 0 aromatic heterocycles. The zero-order chi connectivity index (χ0) is 14.3. The Hall–Kier alpha value is -1.64. The number of hydrogen-bond acceptors (Lipinski definition) is 3. The van der Waals surface area contributed by atoms with Gasteiger partial charge in [0.1, 0.15) is 0 Å². The zero-order valence-corrected chi connectivity index (χ0v) is 12.0. The minimum Gasteiger partial charge on any atom is -0.466 e. The van der Waals surface area contributed by atoms with Gasteiger partial charge in [-0.25, -0.2) is 0 Å². The lowest BCUT2D eigenvalue weighted by atomic mass is 10.0. The second kappa shape index (κ2) is 7.72. The number of rotatable bonds is 7. The molecule has 0 fully saturated rings. The van der Waals surface area contributed by atoms with Gasteiger partial charge in [-0.2, -0.15) is 0 Å². The average molecular weight is 262 g/mol. The number of ketones is 1. The van der Waals surface area contributed by atoms with E-state index in [9.17, 15) is 9.59 Å². The second-order valence-electron chi connectivity index (χ2n) is 4.73. The maximum atomic E-state index is 12.0. The standard InChI is InChI=1S/C16H22O3/c1-4-19-16(18)8-6-5-7-15(17)14-10-9-12(2)13(3)11-14/h9-11H,4-8H2,1-3H3. The Morgan fingerprint density at radius 2 is 1.74 bits per heavy atom. The van der Waals surface area contributed by atoms with E-state index in [0.717, 1.165) is 17.5 Å². The number of unbranched alkanes of at least 4 members (excludes halogenated alkanes) is 1. The van der Waals surface area contributed by atoms with E-state index >= 15 is 0 Å². The van der Waals surface area contributed by atoms with Gasteiger partial charge in [0.15, 0.2) is 5.78 Å². The van der Waals surface area contributed by atoms with Crippen molar-refractivity contribution in [1.82, 2.24) is 0 Å². The number of Topliss-reactive ketones (excluding diaryl/α,β-unsaturated/α-hetero) is 1. The number of esters is 1. The largest absolute Gasteiger partial charge is 0.466 e. The summed E-state index contributed by atoms with van der Waals surface area (Å²) in [5.41, 5.74) is 3.09. The Morgan fingerprint density at radius 3 is 2.37 bits per heavy atom. The van der Waals surface area contributed by atoms with Crippen LogP contribution in [0, 0.1) is 13.8 Å². The van der Waals surface area contributed by atoms with Gasteiger partial charge < -0.3 is 4.74 Å². The van der Waals surface area contributed by atoms with Gasteiger partial charge in [-0.3, -0.25) is 9.59 Å². The van der Waals surface area contributed by atoms with Crippen molar-refractivity contribution >= 4 is 11.8 Å². The normalized spacial score (nSPS) is 10.3. The van der Waals surface area contributed by atoms with Crippen LogP contribution in [0.2, 0.25) is 0 Å². The highest BCUT2D eigenvalue weighted by atomic mass is 16.5. The molecule has 0 bridgehead atoms. The first-order chi connectivity index (χ1) is 9.04. The molecule has 0 aliphatic rings. The topological polar surface area (TPSA) is 43.4 Å². The fourth-order valence-electron chi connectivity index (χ4n) is 1.85. The molecule has 3 heteroatoms. The highest BCUT2D eigenvalue weighted by Gasteiger charge is 2.08. The number of carbonyl (C=O) groups excluding carboxylic acids is 2. The van der Waals surface area contributed by atoms with E-state index in [1.165, 1.54) is 5.56 Å². The maximum Gasteiger partial charge on any atom is 0.305 e. The first-order valence-electron chi connectivity index (χ1n) is 6.80. The van der Waals surface area contributed by atoms with E-state index in [1.54, 1.807) is 6.92 Å². The van der Waals surface area contributed by atoms with E-state index in [1.807, 2.05) is 32.0 Å². The van der Waals surface area contributed by atoms with E-state index in [2.05, 4.69) is 0 Å². The molecule has 0 radical (unpaired) electrons. The predicted molar refractivity (Wildman–Crippen MR) is 75.3 cm³/mol. The number of aryl methyl sites for hydroxylation is 2. The number of carbonyl (C=O) groups is 2. The Kier molecular flexibility index (Phi) is 6.26. The van der Waals surface area contributed by atoms with Gasteiger partial charge in [0.25, 0.3) is 0 Å². The van der Waals surface area contributed by atoms with Crippen molar-refractivity contribution in [2.75, 3.05) is 6.61 Å². The zero-order valence-electron chi connectivity index (χ0n) is 12.0. The van der Waals surface area contributed by atoms with Crippen molar-refractivity contribution in [3.63, 3.8) is 0 Å². The van der Waals surface area contributed by atoms with Crippen LogP contribution in [-0.4, -0.2) is 18.4 Å². The summed E-state index contributed by atoms with van der Waals surface area (Å²) in [6.07, 6.45) is 2.32. The molecule has 19 heavy (non-hydrogen) atoms. The predicted octanol–water partition coefficient (Wildman–Crippen LogP) is 3.61. The van der Waals surface area contributed by atoms with Gasteiger partial charge in [-0.15, -0.1) is 0 Å². The Balaban J connectivity index is 2.35. The molecule has 1 aromatic carbocycles. The van der Waals surface area contributed by atoms with Crippen LogP contribution in [0.25, 0.3) is 0 Å². The van der Waals surface area contributed by atoms with Gasteiger partial charge >= 0.3 is 5.97 Å². The summed E-state index contributed by atoms with van der Waals surface area (Å²) in [6, 6.07) is 5.78. The smallest absolute Gasteiger partial charge is 0.305 e. The molecule has 104 valence electrons. The van der Waals surface area contributed by atoms with Crippen LogP contribution >= 0.6 is 0 Å². The fraction of sp³-hybridized carbons (Fsp3) is 0.500. The SMILES string of the molecule is CCOC(=O)CCCCC(=O)c1ccc(C)c(C)c1. The maximum absolute atomic E-state index is 12.0. The first-order valence-corrected chi connectivity index (χ1v) is 6.80. The molecule has 0 spiro atoms. The molecule has 1 aromatic rings. The first kappa shape index (κ1) is 15.4. The number of benzene rings is 1. The monoisotopic (exact) mass is 262 g/mol. The Labute approximate surface area is 115 Å². The van der Waals surface area contributed by atoms with Crippen molar-refractivity contribution in [1.29, 1.82) is 0 Å². The van der Waals surface area contributed by atoms with Crippen molar-refractivity contribution in [2.24, 2.45) is 0 Å². The molecular weight excluding hydrogens is 240 g/mol. The summed E-state index contributed by atoms with van der Waals surface area (Å²) in [5, 5.41) is 0. The van der Waals surface area contributed by atoms with Gasteiger partial charge in [0.05, 0.1) is 6.61 Å². The molecule has 0 N–H and O–H groups in total. The third-order valence-electron chi connectivity index (χ3n) is 3.17. The molecule has 1 rings (SSSR count). The van der Waals surface area contributed by atoms with Crippen LogP contribution < -0.4 is 0 Å². The van der Waals surface area contributed by atoms with E-state index < -0.39 is 0 Å². The molecule has 0 saturated heterocycles. The van der Waals surface area contributed by atoms with Gasteiger partial charge in [0.2, 0.25) is 0 Å². The van der Waals surface area contributed by atoms with Crippen molar-refractivity contribution in [3.05, 3.63) is 34.9 Å². The molecule has 0 aliphatic heterocycles. The lowest BCUT2D eigenvalue weighted by molar-refractivity contribution is -0.143. The van der Waals surface area contributed by atoms with E-state index in [0.29, 0.717) is 25.9 Å². The van der Waals surface area contributed by atoms with Crippen molar-refractivity contribution < 1.29 is 14.3 Å². The molecular formula is C16H22O3. The lowest BCUT2D eigenvalue weighted by Gasteiger charge is -2.05. The molecule has 0 saturated carbocycles. The molecule has 0 aliphatic carbocycles. The molecule has 0 heterocycles. The lowest BCUT2D eigenvalue weighted by Crippen LogP contribution is -2.04. The van der Waals surface area contributed by atoms with Crippen molar-refractivity contribution in [2.45, 2.75) is 46.5 Å². The third-order valence-corrected chi connectivity index (χ3v) is 3.17. The van der Waals surface area contributed by atoms with Gasteiger partial charge in [0, 0.05) is 18.4 Å². The van der Waals surface area contributed by atoms with Crippen LogP contribution in [-0.2, 0) is 9.53 Å². The summed E-state index contributed by atoms with van der Waals surface area (Å²) < 4.78 is 4.84. The average Bonchev–Trinajstić information content (AvgIpc) is 2.38. The quantitative estimate of drug-likeness (QED) is 0.428. The molecule has 3 nitrogen and oxygen atoms in total. The summed E-state index contributed by atoms with van der Waals surface area (Å²) >= 11 is 0. The van der Waals surface area contributed by atoms with Crippen LogP contribution in [0.4, 0.5) is 0 Å². The minimum absolute atomic E-state index is 0.145. The highest BCUT2D eigenvalue weighted by Crippen LogP contribution is 2.13.